The van der Waals surface area contributed by atoms with Crippen molar-refractivity contribution in [2.24, 2.45) is 0 Å². The Morgan fingerprint density at radius 2 is 1.97 bits per heavy atom. The van der Waals surface area contributed by atoms with Gasteiger partial charge in [-0.15, -0.1) is 5.10 Å². The Balaban J connectivity index is 1.43. The van der Waals surface area contributed by atoms with Crippen molar-refractivity contribution >= 4 is 39.9 Å². The van der Waals surface area contributed by atoms with Gasteiger partial charge >= 0.3 is 0 Å². The number of carbonyl (C=O) groups excluding carboxylic acids is 1. The van der Waals surface area contributed by atoms with Crippen LogP contribution in [0.2, 0.25) is 5.02 Å². The summed E-state index contributed by atoms with van der Waals surface area (Å²) in [6.45, 7) is 9.52. The lowest BCUT2D eigenvalue weighted by Crippen LogP contribution is -2.34. The van der Waals surface area contributed by atoms with Crippen molar-refractivity contribution in [1.29, 1.82) is 0 Å². The Labute approximate surface area is 220 Å². The molecule has 0 radical (unpaired) electrons. The maximum absolute atomic E-state index is 13.6. The number of aryl methyl sites for hydroxylation is 1. The van der Waals surface area contributed by atoms with Crippen molar-refractivity contribution in [3.8, 4) is 5.75 Å². The zero-order chi connectivity index (χ0) is 26.4. The van der Waals surface area contributed by atoms with Gasteiger partial charge in [0.2, 0.25) is 0 Å². The highest BCUT2D eigenvalue weighted by atomic mass is 35.5. The number of carbonyl (C=O) groups is 1. The molecule has 0 unspecified atom stereocenters. The monoisotopic (exact) mass is 524 g/mol. The Hall–Kier alpha value is -3.69. The van der Waals surface area contributed by atoms with Gasteiger partial charge in [-0.2, -0.15) is 5.10 Å². The molecule has 0 aliphatic rings. The fraction of sp³-hybridized carbons (Fsp3) is 0.296. The van der Waals surface area contributed by atoms with Crippen LogP contribution in [0.3, 0.4) is 0 Å². The SMILES string of the molecule is CCN(CC)CCNC(=O)c1cc2cnnc(Nc3ccc(OCc4cc(F)ccc4C)c(Cl)c3)c2[nH]1. The summed E-state index contributed by atoms with van der Waals surface area (Å²) < 4.78 is 19.4. The van der Waals surface area contributed by atoms with Crippen LogP contribution >= 0.6 is 11.6 Å². The number of halogens is 2. The predicted octanol–water partition coefficient (Wildman–Crippen LogP) is 5.45. The van der Waals surface area contributed by atoms with Crippen LogP contribution in [0.25, 0.3) is 10.9 Å². The average Bonchev–Trinajstić information content (AvgIpc) is 3.34. The molecule has 2 heterocycles. The summed E-state index contributed by atoms with van der Waals surface area (Å²) in [5.41, 5.74) is 3.44. The number of likely N-dealkylation sites (N-methyl/N-ethyl adjacent to an activating group) is 1. The topological polar surface area (TPSA) is 95.2 Å². The minimum Gasteiger partial charge on any atom is -0.487 e. The predicted molar refractivity (Wildman–Crippen MR) is 144 cm³/mol. The van der Waals surface area contributed by atoms with E-state index in [4.69, 9.17) is 16.3 Å². The number of amides is 1. The van der Waals surface area contributed by atoms with Crippen molar-refractivity contribution in [2.45, 2.75) is 27.4 Å². The quantitative estimate of drug-likeness (QED) is 0.241. The molecule has 2 aromatic heterocycles. The van der Waals surface area contributed by atoms with Crippen LogP contribution in [0.15, 0.2) is 48.7 Å². The van der Waals surface area contributed by atoms with E-state index in [1.165, 1.54) is 12.1 Å². The third-order valence-corrected chi connectivity index (χ3v) is 6.48. The first kappa shape index (κ1) is 26.4. The zero-order valence-electron chi connectivity index (χ0n) is 21.1. The highest BCUT2D eigenvalue weighted by Gasteiger charge is 2.14. The van der Waals surface area contributed by atoms with Gasteiger partial charge in [-0.05, 0) is 67.5 Å². The average molecular weight is 525 g/mol. The van der Waals surface area contributed by atoms with E-state index in [0.29, 0.717) is 40.0 Å². The fourth-order valence-corrected chi connectivity index (χ4v) is 4.16. The Morgan fingerprint density at radius 1 is 1.16 bits per heavy atom. The van der Waals surface area contributed by atoms with Crippen molar-refractivity contribution < 1.29 is 13.9 Å². The van der Waals surface area contributed by atoms with Gasteiger partial charge in [0.25, 0.3) is 5.91 Å². The van der Waals surface area contributed by atoms with Gasteiger partial charge in [-0.1, -0.05) is 31.5 Å². The molecule has 3 N–H and O–H groups in total. The molecule has 4 aromatic rings. The van der Waals surface area contributed by atoms with E-state index in [1.807, 2.05) is 6.92 Å². The molecule has 0 atom stereocenters. The molecular formula is C27H30ClFN6O2. The number of aromatic nitrogens is 3. The molecule has 0 bridgehead atoms. The van der Waals surface area contributed by atoms with Gasteiger partial charge in [0, 0.05) is 24.2 Å². The molecule has 0 spiro atoms. The van der Waals surface area contributed by atoms with E-state index in [2.05, 4.69) is 44.6 Å². The summed E-state index contributed by atoms with van der Waals surface area (Å²) in [6, 6.07) is 11.6. The van der Waals surface area contributed by atoms with Gasteiger partial charge in [-0.3, -0.25) is 4.79 Å². The molecule has 0 aliphatic carbocycles. The Kier molecular flexibility index (Phi) is 8.58. The molecule has 194 valence electrons. The van der Waals surface area contributed by atoms with Crippen LogP contribution in [0.4, 0.5) is 15.9 Å². The fourth-order valence-electron chi connectivity index (χ4n) is 3.92. The number of hydrogen-bond acceptors (Lipinski definition) is 6. The number of nitrogens with zero attached hydrogens (tertiary/aromatic N) is 3. The lowest BCUT2D eigenvalue weighted by Gasteiger charge is -2.17. The van der Waals surface area contributed by atoms with Crippen molar-refractivity contribution in [2.75, 3.05) is 31.5 Å². The third-order valence-electron chi connectivity index (χ3n) is 6.18. The van der Waals surface area contributed by atoms with E-state index in [1.54, 1.807) is 36.5 Å². The summed E-state index contributed by atoms with van der Waals surface area (Å²) in [6.07, 6.45) is 1.60. The molecule has 8 nitrogen and oxygen atoms in total. The molecule has 0 saturated heterocycles. The number of aromatic amines is 1. The second-order valence-corrected chi connectivity index (χ2v) is 9.03. The van der Waals surface area contributed by atoms with Crippen LogP contribution in [0.1, 0.15) is 35.5 Å². The van der Waals surface area contributed by atoms with Crippen LogP contribution in [0, 0.1) is 12.7 Å². The number of hydrogen-bond donors (Lipinski definition) is 3. The number of fused-ring (bicyclic) bond motifs is 1. The maximum atomic E-state index is 13.6. The van der Waals surface area contributed by atoms with Crippen LogP contribution < -0.4 is 15.4 Å². The number of H-pyrrole nitrogens is 1. The van der Waals surface area contributed by atoms with E-state index >= 15 is 0 Å². The summed E-state index contributed by atoms with van der Waals surface area (Å²) in [5, 5.41) is 15.5. The molecule has 0 fully saturated rings. The first-order valence-corrected chi connectivity index (χ1v) is 12.5. The Bertz CT molecular complexity index is 1390. The lowest BCUT2D eigenvalue weighted by molar-refractivity contribution is 0.0944. The van der Waals surface area contributed by atoms with Crippen molar-refractivity contribution in [1.82, 2.24) is 25.4 Å². The molecule has 0 saturated carbocycles. The first-order chi connectivity index (χ1) is 17.9. The van der Waals surface area contributed by atoms with E-state index in [0.717, 1.165) is 36.1 Å². The smallest absolute Gasteiger partial charge is 0.267 e. The standard InChI is InChI=1S/C27H30ClFN6O2/c1-4-35(5-2)11-10-30-27(36)23-13-18-15-31-34-26(25(18)33-23)32-21-8-9-24(22(28)14-21)37-16-19-12-20(29)7-6-17(19)3/h6-9,12-15,33H,4-5,10-11,16H2,1-3H3,(H,30,36)(H,32,34). The second kappa shape index (κ2) is 12.0. The molecule has 2 aromatic carbocycles. The number of ether oxygens (including phenoxy) is 1. The molecule has 4 rings (SSSR count). The van der Waals surface area contributed by atoms with Crippen molar-refractivity contribution in [3.63, 3.8) is 0 Å². The lowest BCUT2D eigenvalue weighted by atomic mass is 10.1. The number of anilines is 2. The first-order valence-electron chi connectivity index (χ1n) is 12.2. The van der Waals surface area contributed by atoms with Crippen LogP contribution in [-0.2, 0) is 6.61 Å². The minimum atomic E-state index is -0.310. The van der Waals surface area contributed by atoms with E-state index < -0.39 is 0 Å². The van der Waals surface area contributed by atoms with Crippen LogP contribution in [-0.4, -0.2) is 52.2 Å². The minimum absolute atomic E-state index is 0.188. The number of benzene rings is 2. The summed E-state index contributed by atoms with van der Waals surface area (Å²) in [5.74, 6) is 0.436. The number of rotatable bonds is 11. The molecule has 37 heavy (non-hydrogen) atoms. The van der Waals surface area contributed by atoms with Gasteiger partial charge in [0.15, 0.2) is 5.82 Å². The third kappa shape index (κ3) is 6.55. The van der Waals surface area contributed by atoms with E-state index in [9.17, 15) is 9.18 Å². The normalized spacial score (nSPS) is 11.2. The summed E-state index contributed by atoms with van der Waals surface area (Å²) in [4.78, 5) is 18.0. The van der Waals surface area contributed by atoms with Gasteiger partial charge in [-0.25, -0.2) is 4.39 Å². The van der Waals surface area contributed by atoms with E-state index in [-0.39, 0.29) is 18.3 Å². The largest absolute Gasteiger partial charge is 0.487 e. The van der Waals surface area contributed by atoms with Gasteiger partial charge in [0.1, 0.15) is 23.9 Å². The Morgan fingerprint density at radius 3 is 2.73 bits per heavy atom. The van der Waals surface area contributed by atoms with Crippen molar-refractivity contribution in [3.05, 3.63) is 76.3 Å². The molecular weight excluding hydrogens is 495 g/mol. The number of nitrogens with one attached hydrogen (secondary N) is 3. The second-order valence-electron chi connectivity index (χ2n) is 8.62. The molecule has 1 amide bonds. The van der Waals surface area contributed by atoms with Gasteiger partial charge < -0.3 is 25.3 Å². The highest BCUT2D eigenvalue weighted by Crippen LogP contribution is 2.31. The van der Waals surface area contributed by atoms with Crippen LogP contribution in [0.5, 0.6) is 5.75 Å². The highest BCUT2D eigenvalue weighted by molar-refractivity contribution is 6.32. The molecule has 0 aliphatic heterocycles. The zero-order valence-corrected chi connectivity index (χ0v) is 21.8. The molecule has 10 heteroatoms. The van der Waals surface area contributed by atoms with Gasteiger partial charge in [0.05, 0.1) is 16.7 Å². The summed E-state index contributed by atoms with van der Waals surface area (Å²) >= 11 is 6.45. The summed E-state index contributed by atoms with van der Waals surface area (Å²) in [7, 11) is 0. The maximum Gasteiger partial charge on any atom is 0.267 e.